The van der Waals surface area contributed by atoms with Crippen molar-refractivity contribution in [1.82, 2.24) is 0 Å². The molecule has 10 heteroatoms. The lowest BCUT2D eigenvalue weighted by Crippen LogP contribution is -2.69. The summed E-state index contributed by atoms with van der Waals surface area (Å²) in [4.78, 5) is 39.7. The van der Waals surface area contributed by atoms with Crippen LogP contribution >= 0.6 is 0 Å². The van der Waals surface area contributed by atoms with Crippen molar-refractivity contribution in [2.75, 3.05) is 6.61 Å². The summed E-state index contributed by atoms with van der Waals surface area (Å²) in [5.41, 5.74) is -8.10. The van der Waals surface area contributed by atoms with E-state index < -0.39 is 106 Å². The van der Waals surface area contributed by atoms with Crippen LogP contribution in [0.1, 0.15) is 61.8 Å². The Balaban J connectivity index is 1.74. The number of hydrogen-bond donors (Lipinski definition) is 4. The topological polar surface area (TPSA) is 163 Å². The van der Waals surface area contributed by atoms with Crippen LogP contribution < -0.4 is 0 Å². The molecule has 1 aliphatic heterocycles. The Morgan fingerprint density at radius 3 is 2.31 bits per heavy atom. The molecule has 0 aromatic rings. The van der Waals surface area contributed by atoms with Gasteiger partial charge in [-0.15, -0.1) is 0 Å². The average molecular weight is 551 g/mol. The van der Waals surface area contributed by atoms with Crippen molar-refractivity contribution in [3.63, 3.8) is 0 Å². The maximum absolute atomic E-state index is 13.4. The number of carbonyl (C=O) groups is 3. The van der Waals surface area contributed by atoms with Crippen LogP contribution in [0.2, 0.25) is 0 Å². The third-order valence-corrected chi connectivity index (χ3v) is 11.0. The minimum absolute atomic E-state index is 0.166. The molecule has 0 radical (unpaired) electrons. The number of epoxide rings is 1. The molecule has 12 unspecified atom stereocenters. The second-order valence-corrected chi connectivity index (χ2v) is 13.5. The molecular weight excluding hydrogens is 508 g/mol. The molecule has 0 spiro atoms. The molecule has 10 nitrogen and oxygen atoms in total. The van der Waals surface area contributed by atoms with Crippen molar-refractivity contribution in [2.24, 2.45) is 40.9 Å². The molecule has 1 saturated heterocycles. The third-order valence-electron chi connectivity index (χ3n) is 11.0. The molecule has 4 N–H and O–H groups in total. The second kappa shape index (κ2) is 8.35. The van der Waals surface area contributed by atoms with Gasteiger partial charge in [0.25, 0.3) is 0 Å². The minimum atomic E-state index is -2.47. The van der Waals surface area contributed by atoms with E-state index in [-0.39, 0.29) is 5.57 Å². The zero-order valence-electron chi connectivity index (χ0n) is 23.9. The molecule has 5 rings (SSSR count). The van der Waals surface area contributed by atoms with Gasteiger partial charge in [0.15, 0.2) is 17.0 Å². The van der Waals surface area contributed by atoms with Gasteiger partial charge in [-0.2, -0.15) is 0 Å². The van der Waals surface area contributed by atoms with Crippen LogP contribution in [0.25, 0.3) is 0 Å². The molecule has 0 bridgehead atoms. The Kier molecular flexibility index (Phi) is 6.14. The van der Waals surface area contributed by atoms with E-state index in [0.717, 1.165) is 0 Å². The van der Waals surface area contributed by atoms with Crippen LogP contribution in [0.15, 0.2) is 11.6 Å². The first-order valence-corrected chi connectivity index (χ1v) is 14.0. The Morgan fingerprint density at radius 1 is 1.15 bits per heavy atom. The van der Waals surface area contributed by atoms with Gasteiger partial charge in [0.2, 0.25) is 0 Å². The fourth-order valence-electron chi connectivity index (χ4n) is 8.36. The highest BCUT2D eigenvalue weighted by molar-refractivity contribution is 6.05. The summed E-state index contributed by atoms with van der Waals surface area (Å²) >= 11 is 0. The molecule has 0 amide bonds. The van der Waals surface area contributed by atoms with Gasteiger partial charge in [0, 0.05) is 29.1 Å². The maximum atomic E-state index is 13.4. The lowest BCUT2D eigenvalue weighted by Gasteiger charge is -2.53. The molecule has 0 aromatic heterocycles. The summed E-state index contributed by atoms with van der Waals surface area (Å²) in [5, 5.41) is 46.6. The predicted octanol–water partition coefficient (Wildman–Crippen LogP) is 0.916. The van der Waals surface area contributed by atoms with E-state index in [0.29, 0.717) is 6.42 Å². The number of fused-ring (bicyclic) bond motifs is 7. The summed E-state index contributed by atoms with van der Waals surface area (Å²) in [6.45, 7) is 13.2. The van der Waals surface area contributed by atoms with E-state index in [2.05, 4.69) is 0 Å². The largest absolute Gasteiger partial charge is 0.457 e. The van der Waals surface area contributed by atoms with E-state index in [1.54, 1.807) is 27.7 Å². The first-order chi connectivity index (χ1) is 18.0. The highest BCUT2D eigenvalue weighted by atomic mass is 16.6. The van der Waals surface area contributed by atoms with Gasteiger partial charge >= 0.3 is 11.9 Å². The van der Waals surface area contributed by atoms with E-state index in [4.69, 9.17) is 14.2 Å². The lowest BCUT2D eigenvalue weighted by molar-refractivity contribution is -0.246. The van der Waals surface area contributed by atoms with Gasteiger partial charge in [-0.25, -0.2) is 0 Å². The molecule has 39 heavy (non-hydrogen) atoms. The van der Waals surface area contributed by atoms with E-state index in [9.17, 15) is 34.8 Å². The van der Waals surface area contributed by atoms with Gasteiger partial charge in [-0.3, -0.25) is 14.4 Å². The van der Waals surface area contributed by atoms with Gasteiger partial charge < -0.3 is 34.6 Å². The van der Waals surface area contributed by atoms with Gasteiger partial charge in [0.1, 0.15) is 17.8 Å². The highest BCUT2D eigenvalue weighted by Gasteiger charge is 2.93. The number of Topliss-reactive ketones (excluding diaryl/α,β-unsaturated/α-hetero) is 1. The fraction of sp³-hybridized carbons (Fsp3) is 0.828. The summed E-state index contributed by atoms with van der Waals surface area (Å²) < 4.78 is 18.3. The van der Waals surface area contributed by atoms with E-state index >= 15 is 0 Å². The standard InChI is InChI=1S/C29H42O10/c1-9-13(4)23(33)39-29-18(25(29,7)8)17-21-26(11-30,38-21)24(34)28(36)16(10-14(5)19(28)31)27(17,35)15(6)20(29)37-22(32)12(2)3/h10,12-13,15-18,20-21,24,30,34-36H,9,11H2,1-8H3. The highest BCUT2D eigenvalue weighted by Crippen LogP contribution is 2.80. The Morgan fingerprint density at radius 2 is 1.77 bits per heavy atom. The average Bonchev–Trinajstić information content (AvgIpc) is 3.71. The number of ether oxygens (including phenoxy) is 3. The number of hydrogen-bond acceptors (Lipinski definition) is 10. The van der Waals surface area contributed by atoms with Gasteiger partial charge in [-0.05, 0) is 18.9 Å². The number of rotatable bonds is 6. The Labute approximate surface area is 228 Å². The SMILES string of the molecule is CCC(C)C(=O)OC12C(OC(=O)C(C)C)C(C)C3(O)C(C4OC4(CO)C(O)C4(O)C(=O)C(C)=CC43)C1C2(C)C. The number of aliphatic hydroxyl groups is 4. The second-order valence-electron chi connectivity index (χ2n) is 13.5. The third kappa shape index (κ3) is 3.13. The Hall–Kier alpha value is -1.85. The number of ketones is 1. The van der Waals surface area contributed by atoms with Crippen molar-refractivity contribution in [1.29, 1.82) is 0 Å². The van der Waals surface area contributed by atoms with Gasteiger partial charge in [-0.1, -0.05) is 54.5 Å². The summed E-state index contributed by atoms with van der Waals surface area (Å²) in [7, 11) is 0. The van der Waals surface area contributed by atoms with Crippen LogP contribution in [-0.4, -0.2) is 85.5 Å². The van der Waals surface area contributed by atoms with Crippen LogP contribution in [0.5, 0.6) is 0 Å². The van der Waals surface area contributed by atoms with Gasteiger partial charge in [0.05, 0.1) is 30.1 Å². The smallest absolute Gasteiger partial charge is 0.309 e. The summed E-state index contributed by atoms with van der Waals surface area (Å²) in [6.07, 6.45) is -1.89. The number of carbonyl (C=O) groups excluding carboxylic acids is 3. The van der Waals surface area contributed by atoms with Crippen molar-refractivity contribution in [3.8, 4) is 0 Å². The van der Waals surface area contributed by atoms with Crippen LogP contribution in [0.3, 0.4) is 0 Å². The van der Waals surface area contributed by atoms with Crippen LogP contribution in [0, 0.1) is 40.9 Å². The van der Waals surface area contributed by atoms with E-state index in [1.807, 2.05) is 20.8 Å². The van der Waals surface area contributed by atoms with Crippen molar-refractivity contribution < 1.29 is 49.0 Å². The van der Waals surface area contributed by atoms with E-state index in [1.165, 1.54) is 13.0 Å². The first kappa shape index (κ1) is 28.7. The molecule has 218 valence electrons. The summed E-state index contributed by atoms with van der Waals surface area (Å²) in [5.74, 6) is -6.46. The predicted molar refractivity (Wildman–Crippen MR) is 136 cm³/mol. The molecule has 1 heterocycles. The molecule has 0 aromatic carbocycles. The normalized spacial score (nSPS) is 49.5. The molecule has 12 atom stereocenters. The number of esters is 2. The monoisotopic (exact) mass is 550 g/mol. The minimum Gasteiger partial charge on any atom is -0.457 e. The molecule has 5 aliphatic rings. The molecular formula is C29H42O10. The Bertz CT molecular complexity index is 1140. The summed E-state index contributed by atoms with van der Waals surface area (Å²) in [6, 6.07) is 0. The lowest BCUT2D eigenvalue weighted by atomic mass is 9.58. The zero-order valence-corrected chi connectivity index (χ0v) is 23.9. The van der Waals surface area contributed by atoms with Crippen LogP contribution in [-0.2, 0) is 28.6 Å². The number of aliphatic hydroxyl groups excluding tert-OH is 2. The quantitative estimate of drug-likeness (QED) is 0.276. The van der Waals surface area contributed by atoms with Crippen LogP contribution in [0.4, 0.5) is 0 Å². The van der Waals surface area contributed by atoms with Crippen molar-refractivity contribution >= 4 is 17.7 Å². The molecule has 4 aliphatic carbocycles. The zero-order chi connectivity index (χ0) is 29.2. The molecule has 3 saturated carbocycles. The van der Waals surface area contributed by atoms with Crippen molar-refractivity contribution in [3.05, 3.63) is 11.6 Å². The maximum Gasteiger partial charge on any atom is 0.309 e. The fourth-order valence-corrected chi connectivity index (χ4v) is 8.36. The molecule has 4 fully saturated rings. The first-order valence-electron chi connectivity index (χ1n) is 14.0. The van der Waals surface area contributed by atoms with Crippen molar-refractivity contribution in [2.45, 2.75) is 103 Å².